The number of hydrogen-bond acceptors (Lipinski definition) is 4. The van der Waals surface area contributed by atoms with E-state index in [0.29, 0.717) is 6.54 Å². The Bertz CT molecular complexity index is 828. The van der Waals surface area contributed by atoms with Crippen LogP contribution >= 0.6 is 11.6 Å². The highest BCUT2D eigenvalue weighted by molar-refractivity contribution is 6.32. The van der Waals surface area contributed by atoms with Crippen LogP contribution in [0.3, 0.4) is 0 Å². The summed E-state index contributed by atoms with van der Waals surface area (Å²) in [5.74, 6) is 0.831. The lowest BCUT2D eigenvalue weighted by Gasteiger charge is -2.23. The summed E-state index contributed by atoms with van der Waals surface area (Å²) in [4.78, 5) is 4.28. The van der Waals surface area contributed by atoms with E-state index in [0.717, 1.165) is 46.8 Å². The normalized spacial score (nSPS) is 18.0. The number of anilines is 1. The lowest BCUT2D eigenvalue weighted by atomic mass is 10.1. The van der Waals surface area contributed by atoms with E-state index in [1.807, 2.05) is 35.1 Å². The Morgan fingerprint density at radius 2 is 2.25 bits per heavy atom. The van der Waals surface area contributed by atoms with Gasteiger partial charge in [0.15, 0.2) is 6.23 Å². The van der Waals surface area contributed by atoms with Crippen LogP contribution in [0.5, 0.6) is 0 Å². The van der Waals surface area contributed by atoms with Crippen molar-refractivity contribution >= 4 is 28.3 Å². The number of nitrogens with one attached hydrogen (secondary N) is 1. The number of nitrogens with zero attached hydrogens (tertiary/aromatic N) is 3. The van der Waals surface area contributed by atoms with Crippen molar-refractivity contribution in [2.45, 2.75) is 32.0 Å². The van der Waals surface area contributed by atoms with Gasteiger partial charge in [-0.2, -0.15) is 5.10 Å². The summed E-state index contributed by atoms with van der Waals surface area (Å²) < 4.78 is 7.85. The van der Waals surface area contributed by atoms with Crippen molar-refractivity contribution in [3.63, 3.8) is 0 Å². The van der Waals surface area contributed by atoms with E-state index in [9.17, 15) is 0 Å². The van der Waals surface area contributed by atoms with Gasteiger partial charge < -0.3 is 10.1 Å². The third kappa shape index (κ3) is 3.09. The first-order valence-electron chi connectivity index (χ1n) is 8.23. The van der Waals surface area contributed by atoms with Crippen LogP contribution in [0.1, 0.15) is 31.1 Å². The zero-order chi connectivity index (χ0) is 16.4. The molecule has 5 nitrogen and oxygen atoms in total. The van der Waals surface area contributed by atoms with Crippen LogP contribution < -0.4 is 5.32 Å². The lowest BCUT2D eigenvalue weighted by molar-refractivity contribution is -0.0366. The maximum Gasteiger partial charge on any atom is 0.150 e. The van der Waals surface area contributed by atoms with Gasteiger partial charge in [-0.3, -0.25) is 0 Å². The molecule has 0 radical (unpaired) electrons. The van der Waals surface area contributed by atoms with E-state index in [1.165, 1.54) is 6.42 Å². The quantitative estimate of drug-likeness (QED) is 0.763. The molecule has 3 aromatic rings. The van der Waals surface area contributed by atoms with Crippen LogP contribution in [0.2, 0.25) is 5.02 Å². The van der Waals surface area contributed by atoms with Gasteiger partial charge in [0.25, 0.3) is 0 Å². The summed E-state index contributed by atoms with van der Waals surface area (Å²) in [6, 6.07) is 9.85. The first-order valence-corrected chi connectivity index (χ1v) is 8.61. The van der Waals surface area contributed by atoms with Crippen LogP contribution in [0.25, 0.3) is 10.9 Å². The Kier molecular flexibility index (Phi) is 4.36. The third-order valence-corrected chi connectivity index (χ3v) is 4.67. The second-order valence-electron chi connectivity index (χ2n) is 5.98. The molecule has 3 heterocycles. The lowest BCUT2D eigenvalue weighted by Crippen LogP contribution is -2.19. The summed E-state index contributed by atoms with van der Waals surface area (Å²) in [5, 5.41) is 9.59. The minimum absolute atomic E-state index is 0.0222. The summed E-state index contributed by atoms with van der Waals surface area (Å²) >= 11 is 6.44. The number of benzene rings is 1. The molecule has 1 unspecified atom stereocenters. The van der Waals surface area contributed by atoms with Crippen molar-refractivity contribution in [2.75, 3.05) is 11.9 Å². The van der Waals surface area contributed by atoms with Gasteiger partial charge in [0.1, 0.15) is 5.82 Å². The predicted octanol–water partition coefficient (Wildman–Crippen LogP) is 4.40. The zero-order valence-corrected chi connectivity index (χ0v) is 14.0. The van der Waals surface area contributed by atoms with Crippen LogP contribution in [0, 0.1) is 0 Å². The monoisotopic (exact) mass is 342 g/mol. The molecule has 1 saturated heterocycles. The average Bonchev–Trinajstić information content (AvgIpc) is 3.04. The molecule has 1 atom stereocenters. The van der Waals surface area contributed by atoms with Crippen LogP contribution in [-0.4, -0.2) is 21.4 Å². The van der Waals surface area contributed by atoms with Gasteiger partial charge in [-0.25, -0.2) is 9.67 Å². The van der Waals surface area contributed by atoms with Crippen molar-refractivity contribution in [1.29, 1.82) is 0 Å². The van der Waals surface area contributed by atoms with Crippen LogP contribution in [0.15, 0.2) is 42.7 Å². The maximum absolute atomic E-state index is 6.44. The molecule has 0 bridgehead atoms. The molecule has 1 aliphatic heterocycles. The molecule has 0 saturated carbocycles. The molecule has 4 rings (SSSR count). The van der Waals surface area contributed by atoms with Crippen molar-refractivity contribution in [1.82, 2.24) is 14.8 Å². The number of hydrogen-bond donors (Lipinski definition) is 1. The predicted molar refractivity (Wildman–Crippen MR) is 95.1 cm³/mol. The molecule has 0 amide bonds. The molecule has 2 aromatic heterocycles. The standard InChI is InChI=1S/C18H19ClN4O/c19-15-9-14-12-22-23(18-6-2-4-8-24-18)16(14)10-13(15)11-21-17-5-1-3-7-20-17/h1,3,5,7,9-10,12,18H,2,4,6,8,11H2,(H,20,21). The van der Waals surface area contributed by atoms with E-state index in [2.05, 4.69) is 21.5 Å². The van der Waals surface area contributed by atoms with E-state index >= 15 is 0 Å². The minimum atomic E-state index is 0.0222. The van der Waals surface area contributed by atoms with Gasteiger partial charge in [-0.1, -0.05) is 17.7 Å². The summed E-state index contributed by atoms with van der Waals surface area (Å²) in [7, 11) is 0. The van der Waals surface area contributed by atoms with Crippen LogP contribution in [-0.2, 0) is 11.3 Å². The Morgan fingerprint density at radius 3 is 3.04 bits per heavy atom. The Labute approximate surface area is 145 Å². The van der Waals surface area contributed by atoms with Gasteiger partial charge in [-0.15, -0.1) is 0 Å². The van der Waals surface area contributed by atoms with Crippen molar-refractivity contribution < 1.29 is 4.74 Å². The number of pyridine rings is 1. The van der Waals surface area contributed by atoms with Gasteiger partial charge in [0, 0.05) is 29.8 Å². The van der Waals surface area contributed by atoms with E-state index in [1.54, 1.807) is 6.20 Å². The Morgan fingerprint density at radius 1 is 1.29 bits per heavy atom. The Balaban J connectivity index is 1.62. The summed E-state index contributed by atoms with van der Waals surface area (Å²) in [6.45, 7) is 1.41. The second-order valence-corrected chi connectivity index (χ2v) is 6.39. The minimum Gasteiger partial charge on any atom is -0.366 e. The first-order chi connectivity index (χ1) is 11.8. The molecule has 6 heteroatoms. The molecule has 1 aromatic carbocycles. The SMILES string of the molecule is Clc1cc2cnn(C3CCCCO3)c2cc1CNc1ccccn1. The topological polar surface area (TPSA) is 52.0 Å². The fourth-order valence-electron chi connectivity index (χ4n) is 3.04. The fraction of sp³-hybridized carbons (Fsp3) is 0.333. The zero-order valence-electron chi connectivity index (χ0n) is 13.3. The summed E-state index contributed by atoms with van der Waals surface area (Å²) in [5.41, 5.74) is 2.08. The molecule has 1 N–H and O–H groups in total. The maximum atomic E-state index is 6.44. The second kappa shape index (κ2) is 6.79. The highest BCUT2D eigenvalue weighted by Crippen LogP contribution is 2.29. The number of aromatic nitrogens is 3. The molecule has 1 aliphatic rings. The molecule has 0 spiro atoms. The average molecular weight is 343 g/mol. The smallest absolute Gasteiger partial charge is 0.150 e. The van der Waals surface area contributed by atoms with E-state index < -0.39 is 0 Å². The number of ether oxygens (including phenoxy) is 1. The Hall–Kier alpha value is -2.11. The molecular weight excluding hydrogens is 324 g/mol. The van der Waals surface area contributed by atoms with E-state index in [-0.39, 0.29) is 6.23 Å². The highest BCUT2D eigenvalue weighted by atomic mass is 35.5. The molecule has 0 aliphatic carbocycles. The number of fused-ring (bicyclic) bond motifs is 1. The largest absolute Gasteiger partial charge is 0.366 e. The van der Waals surface area contributed by atoms with Crippen molar-refractivity contribution in [3.8, 4) is 0 Å². The van der Waals surface area contributed by atoms with Gasteiger partial charge in [0.2, 0.25) is 0 Å². The van der Waals surface area contributed by atoms with Crippen LogP contribution in [0.4, 0.5) is 5.82 Å². The van der Waals surface area contributed by atoms with Crippen molar-refractivity contribution in [3.05, 3.63) is 53.3 Å². The third-order valence-electron chi connectivity index (χ3n) is 4.32. The van der Waals surface area contributed by atoms with Gasteiger partial charge >= 0.3 is 0 Å². The highest BCUT2D eigenvalue weighted by Gasteiger charge is 2.19. The van der Waals surface area contributed by atoms with Gasteiger partial charge in [0.05, 0.1) is 11.7 Å². The van der Waals surface area contributed by atoms with Gasteiger partial charge in [-0.05, 0) is 49.1 Å². The summed E-state index contributed by atoms with van der Waals surface area (Å²) in [6.07, 6.45) is 6.95. The molecule has 124 valence electrons. The number of rotatable bonds is 4. The fourth-order valence-corrected chi connectivity index (χ4v) is 3.28. The van der Waals surface area contributed by atoms with Crippen molar-refractivity contribution in [2.24, 2.45) is 0 Å². The first kappa shape index (κ1) is 15.4. The molecular formula is C18H19ClN4O. The molecule has 1 fully saturated rings. The number of halogens is 1. The van der Waals surface area contributed by atoms with E-state index in [4.69, 9.17) is 16.3 Å². The molecule has 24 heavy (non-hydrogen) atoms.